The molecular weight excluding hydrogens is 398 g/mol. The third-order valence-electron chi connectivity index (χ3n) is 4.67. The second-order valence-electron chi connectivity index (χ2n) is 6.52. The fourth-order valence-electron chi connectivity index (χ4n) is 3.25. The van der Waals surface area contributed by atoms with Crippen LogP contribution >= 0.6 is 11.3 Å². The first kappa shape index (κ1) is 19.7. The Morgan fingerprint density at radius 1 is 0.867 bits per heavy atom. The molecule has 3 aromatic carbocycles. The van der Waals surface area contributed by atoms with Crippen LogP contribution in [0.2, 0.25) is 0 Å². The number of rotatable bonds is 6. The zero-order chi connectivity index (χ0) is 20.9. The number of amides is 2. The summed E-state index contributed by atoms with van der Waals surface area (Å²) < 4.78 is 11.6. The molecule has 0 atom stereocenters. The molecule has 4 rings (SSSR count). The highest BCUT2D eigenvalue weighted by molar-refractivity contribution is 7.22. The van der Waals surface area contributed by atoms with Gasteiger partial charge in [0, 0.05) is 0 Å². The van der Waals surface area contributed by atoms with Crippen LogP contribution in [0.1, 0.15) is 17.2 Å². The number of nitrogens with one attached hydrogen (secondary N) is 2. The molecule has 0 fully saturated rings. The largest absolute Gasteiger partial charge is 0.495 e. The molecule has 4 aromatic rings. The van der Waals surface area contributed by atoms with E-state index in [0.717, 1.165) is 15.8 Å². The third-order valence-corrected chi connectivity index (χ3v) is 5.66. The minimum atomic E-state index is -0.343. The lowest BCUT2D eigenvalue weighted by molar-refractivity contribution is 0.250. The van der Waals surface area contributed by atoms with E-state index < -0.39 is 0 Å². The Hall–Kier alpha value is -3.58. The first-order chi connectivity index (χ1) is 14.7. The van der Waals surface area contributed by atoms with Gasteiger partial charge in [-0.3, -0.25) is 5.32 Å². The normalized spacial score (nSPS) is 10.8. The van der Waals surface area contributed by atoms with Gasteiger partial charge in [0.05, 0.1) is 20.3 Å². The van der Waals surface area contributed by atoms with Gasteiger partial charge in [-0.05, 0) is 23.3 Å². The van der Waals surface area contributed by atoms with Crippen molar-refractivity contribution < 1.29 is 14.3 Å². The van der Waals surface area contributed by atoms with E-state index in [1.807, 2.05) is 66.7 Å². The molecule has 1 aromatic heterocycles. The van der Waals surface area contributed by atoms with Gasteiger partial charge in [0.1, 0.15) is 21.7 Å². The van der Waals surface area contributed by atoms with E-state index in [2.05, 4.69) is 15.6 Å². The number of hydrogen-bond acceptors (Lipinski definition) is 5. The highest BCUT2D eigenvalue weighted by Gasteiger charge is 2.19. The van der Waals surface area contributed by atoms with E-state index in [1.165, 1.54) is 11.3 Å². The van der Waals surface area contributed by atoms with Gasteiger partial charge in [0.2, 0.25) is 0 Å². The van der Waals surface area contributed by atoms with Gasteiger partial charge in [-0.1, -0.05) is 72.0 Å². The summed E-state index contributed by atoms with van der Waals surface area (Å²) in [4.78, 5) is 17.4. The molecule has 6 nitrogen and oxygen atoms in total. The average Bonchev–Trinajstić information content (AvgIpc) is 3.21. The van der Waals surface area contributed by atoms with Crippen molar-refractivity contribution >= 4 is 32.7 Å². The number of aromatic nitrogens is 1. The van der Waals surface area contributed by atoms with Crippen molar-refractivity contribution in [2.75, 3.05) is 19.5 Å². The smallest absolute Gasteiger partial charge is 0.321 e. The number of carbonyl (C=O) groups is 1. The van der Waals surface area contributed by atoms with Crippen LogP contribution in [-0.2, 0) is 0 Å². The molecule has 7 heteroatoms. The number of urea groups is 1. The van der Waals surface area contributed by atoms with Crippen molar-refractivity contribution in [2.24, 2.45) is 0 Å². The summed E-state index contributed by atoms with van der Waals surface area (Å²) in [6.07, 6.45) is 0. The van der Waals surface area contributed by atoms with Gasteiger partial charge in [0.15, 0.2) is 5.13 Å². The number of methoxy groups -OCH3 is 2. The van der Waals surface area contributed by atoms with Crippen LogP contribution in [0.25, 0.3) is 10.2 Å². The van der Waals surface area contributed by atoms with E-state index in [1.54, 1.807) is 20.3 Å². The highest BCUT2D eigenvalue weighted by atomic mass is 32.1. The zero-order valence-electron chi connectivity index (χ0n) is 16.6. The summed E-state index contributed by atoms with van der Waals surface area (Å²) in [6, 6.07) is 22.7. The number of benzene rings is 3. The Balaban J connectivity index is 1.60. The lowest BCUT2D eigenvalue weighted by Gasteiger charge is -2.19. The van der Waals surface area contributed by atoms with E-state index in [9.17, 15) is 4.79 Å². The molecule has 0 aliphatic rings. The summed E-state index contributed by atoms with van der Waals surface area (Å²) in [5, 5.41) is 6.37. The molecule has 0 saturated heterocycles. The summed E-state index contributed by atoms with van der Waals surface area (Å²) in [7, 11) is 3.19. The van der Waals surface area contributed by atoms with Crippen molar-refractivity contribution in [2.45, 2.75) is 6.04 Å². The molecule has 0 unspecified atom stereocenters. The van der Waals surface area contributed by atoms with Crippen molar-refractivity contribution in [3.8, 4) is 11.5 Å². The quantitative estimate of drug-likeness (QED) is 0.449. The lowest BCUT2D eigenvalue weighted by Crippen LogP contribution is -2.33. The molecular formula is C23H21N3O3S. The number of fused-ring (bicyclic) bond motifs is 1. The molecule has 0 spiro atoms. The van der Waals surface area contributed by atoms with E-state index in [-0.39, 0.29) is 12.1 Å². The molecule has 2 N–H and O–H groups in total. The fourth-order valence-corrected chi connectivity index (χ4v) is 4.22. The monoisotopic (exact) mass is 419 g/mol. The standard InChI is InChI=1S/C23H21N3O3S/c1-28-17-13-14-18(29-2)21-20(17)25-23(30-21)26-22(27)24-19(15-9-5-3-6-10-15)16-11-7-4-8-12-16/h3-14,19H,1-2H3,(H2,24,25,26,27). The molecule has 1 heterocycles. The first-order valence-corrected chi connectivity index (χ1v) is 10.2. The first-order valence-electron chi connectivity index (χ1n) is 9.38. The van der Waals surface area contributed by atoms with E-state index in [0.29, 0.717) is 22.1 Å². The van der Waals surface area contributed by atoms with Gasteiger partial charge in [-0.25, -0.2) is 9.78 Å². The maximum Gasteiger partial charge on any atom is 0.321 e. The Labute approximate surface area is 178 Å². The minimum Gasteiger partial charge on any atom is -0.495 e. The summed E-state index contributed by atoms with van der Waals surface area (Å²) >= 11 is 1.34. The van der Waals surface area contributed by atoms with Crippen LogP contribution in [0.5, 0.6) is 11.5 Å². The second kappa shape index (κ2) is 8.84. The maximum absolute atomic E-state index is 12.8. The fraction of sp³-hybridized carbons (Fsp3) is 0.130. The second-order valence-corrected chi connectivity index (χ2v) is 7.52. The Kier molecular flexibility index (Phi) is 5.81. The molecule has 0 radical (unpaired) electrons. The Bertz CT molecular complexity index is 1070. The molecule has 0 bridgehead atoms. The van der Waals surface area contributed by atoms with Crippen LogP contribution in [0.15, 0.2) is 72.8 Å². The van der Waals surface area contributed by atoms with Crippen molar-refractivity contribution in [3.05, 3.63) is 83.9 Å². The van der Waals surface area contributed by atoms with Gasteiger partial charge < -0.3 is 14.8 Å². The SMILES string of the molecule is COc1ccc(OC)c2sc(NC(=O)NC(c3ccccc3)c3ccccc3)nc12. The molecule has 30 heavy (non-hydrogen) atoms. The number of carbonyl (C=O) groups excluding carboxylic acids is 1. The van der Waals surface area contributed by atoms with Crippen LogP contribution in [0.4, 0.5) is 9.93 Å². The lowest BCUT2D eigenvalue weighted by atomic mass is 9.99. The predicted molar refractivity (Wildman–Crippen MR) is 120 cm³/mol. The molecule has 2 amide bonds. The van der Waals surface area contributed by atoms with Crippen LogP contribution in [0.3, 0.4) is 0 Å². The third kappa shape index (κ3) is 4.06. The van der Waals surface area contributed by atoms with Gasteiger partial charge in [0.25, 0.3) is 0 Å². The molecule has 152 valence electrons. The predicted octanol–water partition coefficient (Wildman–Crippen LogP) is 5.22. The highest BCUT2D eigenvalue weighted by Crippen LogP contribution is 2.38. The Morgan fingerprint density at radius 3 is 2.00 bits per heavy atom. The number of hydrogen-bond donors (Lipinski definition) is 2. The van der Waals surface area contributed by atoms with Crippen molar-refractivity contribution in [1.82, 2.24) is 10.3 Å². The van der Waals surface area contributed by atoms with Gasteiger partial charge in [-0.2, -0.15) is 0 Å². The topological polar surface area (TPSA) is 72.5 Å². The average molecular weight is 420 g/mol. The number of nitrogens with zero attached hydrogens (tertiary/aromatic N) is 1. The summed E-state index contributed by atoms with van der Waals surface area (Å²) in [6.45, 7) is 0. The summed E-state index contributed by atoms with van der Waals surface area (Å²) in [5.41, 5.74) is 2.64. The number of ether oxygens (including phenoxy) is 2. The number of thiazole rings is 1. The Morgan fingerprint density at radius 2 is 1.43 bits per heavy atom. The van der Waals surface area contributed by atoms with E-state index in [4.69, 9.17) is 9.47 Å². The minimum absolute atomic E-state index is 0.286. The van der Waals surface area contributed by atoms with Crippen LogP contribution in [0, 0.1) is 0 Å². The van der Waals surface area contributed by atoms with Gasteiger partial charge in [-0.15, -0.1) is 0 Å². The summed E-state index contributed by atoms with van der Waals surface area (Å²) in [5.74, 6) is 1.31. The van der Waals surface area contributed by atoms with Crippen molar-refractivity contribution in [1.29, 1.82) is 0 Å². The van der Waals surface area contributed by atoms with Gasteiger partial charge >= 0.3 is 6.03 Å². The molecule has 0 saturated carbocycles. The molecule has 0 aliphatic heterocycles. The van der Waals surface area contributed by atoms with Crippen molar-refractivity contribution in [3.63, 3.8) is 0 Å². The van der Waals surface area contributed by atoms with E-state index >= 15 is 0 Å². The zero-order valence-corrected chi connectivity index (χ0v) is 17.4. The molecule has 0 aliphatic carbocycles. The maximum atomic E-state index is 12.8. The van der Waals surface area contributed by atoms with Crippen LogP contribution < -0.4 is 20.1 Å². The number of anilines is 1. The van der Waals surface area contributed by atoms with Crippen LogP contribution in [-0.4, -0.2) is 25.2 Å².